The van der Waals surface area contributed by atoms with E-state index in [1.165, 1.54) is 33.4 Å². The first-order valence-electron chi connectivity index (χ1n) is 14.6. The van der Waals surface area contributed by atoms with Crippen LogP contribution in [0.1, 0.15) is 73.4 Å². The summed E-state index contributed by atoms with van der Waals surface area (Å²) < 4.78 is 13.1. The highest BCUT2D eigenvalue weighted by Crippen LogP contribution is 2.40. The fourth-order valence-corrected chi connectivity index (χ4v) is 5.45. The summed E-state index contributed by atoms with van der Waals surface area (Å²) >= 11 is 0. The van der Waals surface area contributed by atoms with Crippen molar-refractivity contribution in [3.63, 3.8) is 0 Å². The van der Waals surface area contributed by atoms with Gasteiger partial charge < -0.3 is 9.47 Å². The van der Waals surface area contributed by atoms with E-state index < -0.39 is 0 Å². The van der Waals surface area contributed by atoms with Crippen molar-refractivity contribution in [2.45, 2.75) is 79.2 Å². The van der Waals surface area contributed by atoms with Crippen molar-refractivity contribution in [1.82, 2.24) is 4.90 Å². The van der Waals surface area contributed by atoms with Gasteiger partial charge in [-0.2, -0.15) is 0 Å². The van der Waals surface area contributed by atoms with E-state index in [1.807, 2.05) is 12.1 Å². The Labute approximate surface area is 241 Å². The van der Waals surface area contributed by atoms with Crippen LogP contribution in [0.15, 0.2) is 97.1 Å². The van der Waals surface area contributed by atoms with Crippen molar-refractivity contribution in [2.24, 2.45) is 0 Å². The van der Waals surface area contributed by atoms with Crippen molar-refractivity contribution in [2.75, 3.05) is 6.54 Å². The molecular weight excluding hydrogens is 490 g/mol. The topological polar surface area (TPSA) is 21.7 Å². The molecule has 0 bridgehead atoms. The summed E-state index contributed by atoms with van der Waals surface area (Å²) in [7, 11) is 0. The van der Waals surface area contributed by atoms with Gasteiger partial charge in [-0.3, -0.25) is 4.90 Å². The van der Waals surface area contributed by atoms with Gasteiger partial charge in [0.15, 0.2) is 0 Å². The van der Waals surface area contributed by atoms with Crippen LogP contribution >= 0.6 is 0 Å². The molecule has 0 fully saturated rings. The minimum atomic E-state index is 0.123. The Hall–Kier alpha value is -3.56. The van der Waals surface area contributed by atoms with Crippen LogP contribution < -0.4 is 9.47 Å². The van der Waals surface area contributed by atoms with E-state index in [4.69, 9.17) is 9.47 Å². The number of hydrogen-bond acceptors (Lipinski definition) is 3. The van der Waals surface area contributed by atoms with E-state index in [0.29, 0.717) is 25.3 Å². The van der Waals surface area contributed by atoms with Gasteiger partial charge in [-0.15, -0.1) is 0 Å². The smallest absolute Gasteiger partial charge is 0.123 e. The molecule has 210 valence electrons. The van der Waals surface area contributed by atoms with Crippen LogP contribution in [0.3, 0.4) is 0 Å². The van der Waals surface area contributed by atoms with Gasteiger partial charge in [-0.1, -0.05) is 84.9 Å². The monoisotopic (exact) mass is 535 g/mol. The lowest BCUT2D eigenvalue weighted by atomic mass is 9.86. The molecule has 0 saturated carbocycles. The molecule has 4 aromatic carbocycles. The molecule has 3 heteroatoms. The summed E-state index contributed by atoms with van der Waals surface area (Å²) in [6, 6.07) is 35.1. The van der Waals surface area contributed by atoms with E-state index >= 15 is 0 Å². The van der Waals surface area contributed by atoms with E-state index in [2.05, 4.69) is 131 Å². The number of nitrogens with zero attached hydrogens (tertiary/aromatic N) is 1. The zero-order valence-corrected chi connectivity index (χ0v) is 25.1. The van der Waals surface area contributed by atoms with E-state index in [-0.39, 0.29) is 5.92 Å². The van der Waals surface area contributed by atoms with Crippen LogP contribution in [0.25, 0.3) is 0 Å². The van der Waals surface area contributed by atoms with Gasteiger partial charge >= 0.3 is 0 Å². The van der Waals surface area contributed by atoms with Crippen LogP contribution in [0.5, 0.6) is 11.5 Å². The average Bonchev–Trinajstić information content (AvgIpc) is 2.94. The average molecular weight is 536 g/mol. The highest BCUT2D eigenvalue weighted by molar-refractivity contribution is 5.49. The summed E-state index contributed by atoms with van der Waals surface area (Å²) in [5.41, 5.74) is 7.14. The molecule has 0 aliphatic heterocycles. The van der Waals surface area contributed by atoms with Gasteiger partial charge in [-0.25, -0.2) is 0 Å². The van der Waals surface area contributed by atoms with Crippen molar-refractivity contribution in [3.05, 3.63) is 130 Å². The molecule has 0 aliphatic rings. The molecule has 0 heterocycles. The summed E-state index contributed by atoms with van der Waals surface area (Å²) in [5, 5.41) is 0. The maximum atomic E-state index is 6.55. The first kappa shape index (κ1) is 29.4. The Morgan fingerprint density at radius 1 is 0.575 bits per heavy atom. The van der Waals surface area contributed by atoms with Gasteiger partial charge in [0.05, 0.1) is 0 Å². The molecule has 4 aromatic rings. The Bertz CT molecular complexity index is 1230. The number of rotatable bonds is 13. The molecule has 0 radical (unpaired) electrons. The summed E-state index contributed by atoms with van der Waals surface area (Å²) in [6.45, 7) is 15.5. The van der Waals surface area contributed by atoms with Crippen LogP contribution in [0.2, 0.25) is 0 Å². The first-order valence-corrected chi connectivity index (χ1v) is 14.6. The molecule has 0 unspecified atom stereocenters. The van der Waals surface area contributed by atoms with E-state index in [9.17, 15) is 0 Å². The second-order valence-electron chi connectivity index (χ2n) is 11.4. The molecule has 0 aromatic heterocycles. The highest BCUT2D eigenvalue weighted by Gasteiger charge is 2.25. The molecule has 3 nitrogen and oxygen atoms in total. The fraction of sp³-hybridized carbons (Fsp3) is 0.351. The largest absolute Gasteiger partial charge is 0.489 e. The van der Waals surface area contributed by atoms with E-state index in [0.717, 1.165) is 24.5 Å². The minimum absolute atomic E-state index is 0.123. The lowest BCUT2D eigenvalue weighted by Crippen LogP contribution is -2.38. The summed E-state index contributed by atoms with van der Waals surface area (Å²) in [4.78, 5) is 2.57. The molecule has 0 aliphatic carbocycles. The number of benzene rings is 4. The van der Waals surface area contributed by atoms with Crippen molar-refractivity contribution in [3.8, 4) is 11.5 Å². The first-order chi connectivity index (χ1) is 19.3. The Balaban J connectivity index is 1.73. The Morgan fingerprint density at radius 3 is 1.40 bits per heavy atom. The number of ether oxygens (including phenoxy) is 2. The zero-order chi connectivity index (χ0) is 28.5. The Kier molecular flexibility index (Phi) is 10.4. The van der Waals surface area contributed by atoms with Gasteiger partial charge in [0.25, 0.3) is 0 Å². The lowest BCUT2D eigenvalue weighted by molar-refractivity contribution is 0.170. The SMILES string of the molecule is Cc1ccc(C(CCN(C(C)C)C(C)C)c2ccc(C)cc2OCc2ccccc2)c(OCc2ccccc2)c1. The maximum Gasteiger partial charge on any atom is 0.123 e. The molecular formula is C37H45NO2. The molecule has 0 spiro atoms. The van der Waals surface area contributed by atoms with Gasteiger partial charge in [-0.05, 0) is 88.9 Å². The van der Waals surface area contributed by atoms with Gasteiger partial charge in [0, 0.05) is 29.1 Å². The third-order valence-corrected chi connectivity index (χ3v) is 7.57. The van der Waals surface area contributed by atoms with Crippen LogP contribution in [-0.2, 0) is 13.2 Å². The normalized spacial score (nSPS) is 11.6. The van der Waals surface area contributed by atoms with Gasteiger partial charge in [0.1, 0.15) is 24.7 Å². The molecule has 40 heavy (non-hydrogen) atoms. The predicted octanol–water partition coefficient (Wildman–Crippen LogP) is 9.10. The third-order valence-electron chi connectivity index (χ3n) is 7.57. The maximum absolute atomic E-state index is 6.55. The molecule has 4 rings (SSSR count). The third kappa shape index (κ3) is 7.99. The predicted molar refractivity (Wildman–Crippen MR) is 167 cm³/mol. The summed E-state index contributed by atoms with van der Waals surface area (Å²) in [6.07, 6.45) is 0.964. The molecule has 0 atom stereocenters. The number of hydrogen-bond donors (Lipinski definition) is 0. The molecule has 0 amide bonds. The van der Waals surface area contributed by atoms with E-state index in [1.54, 1.807) is 0 Å². The molecule has 0 N–H and O–H groups in total. The van der Waals surface area contributed by atoms with Gasteiger partial charge in [0.2, 0.25) is 0 Å². The van der Waals surface area contributed by atoms with Crippen molar-refractivity contribution >= 4 is 0 Å². The van der Waals surface area contributed by atoms with Crippen molar-refractivity contribution in [1.29, 1.82) is 0 Å². The van der Waals surface area contributed by atoms with Crippen LogP contribution in [-0.4, -0.2) is 23.5 Å². The van der Waals surface area contributed by atoms with Crippen LogP contribution in [0.4, 0.5) is 0 Å². The number of aryl methyl sites for hydroxylation is 2. The second-order valence-corrected chi connectivity index (χ2v) is 11.4. The van der Waals surface area contributed by atoms with Crippen LogP contribution in [0, 0.1) is 13.8 Å². The highest BCUT2D eigenvalue weighted by atomic mass is 16.5. The fourth-order valence-electron chi connectivity index (χ4n) is 5.45. The zero-order valence-electron chi connectivity index (χ0n) is 25.1. The molecule has 0 saturated heterocycles. The van der Waals surface area contributed by atoms with Crippen molar-refractivity contribution < 1.29 is 9.47 Å². The minimum Gasteiger partial charge on any atom is -0.489 e. The Morgan fingerprint density at radius 2 is 1.00 bits per heavy atom. The standard InChI is InChI=1S/C37H45NO2/c1-27(2)38(28(3)4)22-21-33(34-19-17-29(5)23-36(34)39-25-31-13-9-7-10-14-31)35-20-18-30(6)24-37(35)40-26-32-15-11-8-12-16-32/h7-20,23-24,27-28,33H,21-22,25-26H2,1-6H3. The quantitative estimate of drug-likeness (QED) is 0.170. The second kappa shape index (κ2) is 14.2. The summed E-state index contributed by atoms with van der Waals surface area (Å²) in [5.74, 6) is 2.02. The lowest BCUT2D eigenvalue weighted by Gasteiger charge is -2.33.